The van der Waals surface area contributed by atoms with Crippen molar-refractivity contribution >= 4 is 6.03 Å². The first-order valence-corrected chi connectivity index (χ1v) is 12.8. The SMILES string of the molecule is O=C(NCC(O)CN1CCc2ccccc2C1)NCC1CC2c3ccccc3C1c1ccccc12. The van der Waals surface area contributed by atoms with E-state index in [0.29, 0.717) is 30.8 Å². The fourth-order valence-corrected chi connectivity index (χ4v) is 6.53. The zero-order chi connectivity index (χ0) is 23.8. The molecule has 0 radical (unpaired) electrons. The highest BCUT2D eigenvalue weighted by molar-refractivity contribution is 5.74. The Labute approximate surface area is 207 Å². The molecule has 0 spiro atoms. The molecule has 0 aromatic heterocycles. The van der Waals surface area contributed by atoms with E-state index in [4.69, 9.17) is 0 Å². The fraction of sp³-hybridized carbons (Fsp3) is 0.367. The van der Waals surface area contributed by atoms with E-state index >= 15 is 0 Å². The Morgan fingerprint density at radius 1 is 0.886 bits per heavy atom. The van der Waals surface area contributed by atoms with Crippen molar-refractivity contribution in [3.63, 3.8) is 0 Å². The zero-order valence-electron chi connectivity index (χ0n) is 20.0. The van der Waals surface area contributed by atoms with Gasteiger partial charge in [0.25, 0.3) is 0 Å². The van der Waals surface area contributed by atoms with Gasteiger partial charge in [0.15, 0.2) is 0 Å². The molecule has 3 aromatic carbocycles. The average molecular weight is 468 g/mol. The van der Waals surface area contributed by atoms with Crippen LogP contribution >= 0.6 is 0 Å². The summed E-state index contributed by atoms with van der Waals surface area (Å²) in [6.45, 7) is 3.25. The summed E-state index contributed by atoms with van der Waals surface area (Å²) in [7, 11) is 0. The van der Waals surface area contributed by atoms with E-state index < -0.39 is 6.10 Å². The lowest BCUT2D eigenvalue weighted by molar-refractivity contribution is 0.105. The number of benzene rings is 3. The maximum atomic E-state index is 12.6. The monoisotopic (exact) mass is 467 g/mol. The minimum absolute atomic E-state index is 0.198. The molecule has 2 unspecified atom stereocenters. The molecule has 4 aliphatic rings. The predicted molar refractivity (Wildman–Crippen MR) is 138 cm³/mol. The molecule has 5 heteroatoms. The van der Waals surface area contributed by atoms with Crippen molar-refractivity contribution in [3.8, 4) is 0 Å². The number of urea groups is 1. The molecule has 1 heterocycles. The second-order valence-electron chi connectivity index (χ2n) is 10.3. The molecular weight excluding hydrogens is 434 g/mol. The number of hydrogen-bond acceptors (Lipinski definition) is 3. The van der Waals surface area contributed by atoms with Gasteiger partial charge in [0.2, 0.25) is 0 Å². The fourth-order valence-electron chi connectivity index (χ4n) is 6.53. The van der Waals surface area contributed by atoms with E-state index in [1.54, 1.807) is 0 Å². The van der Waals surface area contributed by atoms with Gasteiger partial charge in [-0.25, -0.2) is 4.79 Å². The van der Waals surface area contributed by atoms with Crippen LogP contribution in [0.15, 0.2) is 72.8 Å². The van der Waals surface area contributed by atoms with Crippen molar-refractivity contribution in [1.29, 1.82) is 0 Å². The minimum atomic E-state index is -0.588. The predicted octanol–water partition coefficient (Wildman–Crippen LogP) is 4.00. The molecule has 0 fully saturated rings. The van der Waals surface area contributed by atoms with Crippen LogP contribution in [0.1, 0.15) is 51.6 Å². The summed E-state index contributed by atoms with van der Waals surface area (Å²) in [6, 6.07) is 25.9. The van der Waals surface area contributed by atoms with Crippen LogP contribution < -0.4 is 10.6 Å². The summed E-state index contributed by atoms with van der Waals surface area (Å²) >= 11 is 0. The molecular formula is C30H33N3O2. The summed E-state index contributed by atoms with van der Waals surface area (Å²) in [5, 5.41) is 16.5. The van der Waals surface area contributed by atoms with Crippen molar-refractivity contribution < 1.29 is 9.90 Å². The molecule has 5 nitrogen and oxygen atoms in total. The molecule has 3 aliphatic carbocycles. The number of aliphatic hydroxyl groups is 1. The van der Waals surface area contributed by atoms with Gasteiger partial charge in [-0.15, -0.1) is 0 Å². The van der Waals surface area contributed by atoms with Crippen LogP contribution in [0.25, 0.3) is 0 Å². The average Bonchev–Trinajstić information content (AvgIpc) is 2.91. The molecule has 2 atom stereocenters. The first kappa shape index (κ1) is 22.3. The summed E-state index contributed by atoms with van der Waals surface area (Å²) in [6.07, 6.45) is 1.47. The molecule has 2 amide bonds. The summed E-state index contributed by atoms with van der Waals surface area (Å²) < 4.78 is 0. The first-order chi connectivity index (χ1) is 17.2. The van der Waals surface area contributed by atoms with E-state index in [2.05, 4.69) is 88.3 Å². The normalized spacial score (nSPS) is 23.1. The Morgan fingerprint density at radius 3 is 2.23 bits per heavy atom. The molecule has 180 valence electrons. The molecule has 3 N–H and O–H groups in total. The largest absolute Gasteiger partial charge is 0.390 e. The van der Waals surface area contributed by atoms with Gasteiger partial charge in [0.1, 0.15) is 0 Å². The van der Waals surface area contributed by atoms with Crippen molar-refractivity contribution in [2.24, 2.45) is 5.92 Å². The van der Waals surface area contributed by atoms with Crippen LogP contribution in [0.3, 0.4) is 0 Å². The van der Waals surface area contributed by atoms with Gasteiger partial charge in [0.05, 0.1) is 6.10 Å². The Bertz CT molecular complexity index is 1180. The summed E-state index contributed by atoms with van der Waals surface area (Å²) in [5.74, 6) is 1.09. The van der Waals surface area contributed by atoms with Gasteiger partial charge < -0.3 is 15.7 Å². The molecule has 1 aliphatic heterocycles. The van der Waals surface area contributed by atoms with Crippen LogP contribution in [-0.4, -0.2) is 48.3 Å². The second kappa shape index (κ2) is 9.48. The van der Waals surface area contributed by atoms with Gasteiger partial charge >= 0.3 is 6.03 Å². The van der Waals surface area contributed by atoms with Gasteiger partial charge in [-0.2, -0.15) is 0 Å². The quantitative estimate of drug-likeness (QED) is 0.513. The molecule has 7 rings (SSSR count). The number of rotatable bonds is 6. The Balaban J connectivity index is 1.02. The number of carbonyl (C=O) groups is 1. The van der Waals surface area contributed by atoms with Gasteiger partial charge in [-0.3, -0.25) is 4.90 Å². The van der Waals surface area contributed by atoms with Crippen molar-refractivity contribution in [2.75, 3.05) is 26.2 Å². The lowest BCUT2D eigenvalue weighted by Crippen LogP contribution is -2.46. The van der Waals surface area contributed by atoms with E-state index in [9.17, 15) is 9.90 Å². The van der Waals surface area contributed by atoms with E-state index in [0.717, 1.165) is 25.9 Å². The van der Waals surface area contributed by atoms with Crippen LogP contribution in [0, 0.1) is 5.92 Å². The van der Waals surface area contributed by atoms with Gasteiger partial charge in [-0.05, 0) is 52.1 Å². The highest BCUT2D eigenvalue weighted by atomic mass is 16.3. The number of nitrogens with zero attached hydrogens (tertiary/aromatic N) is 1. The molecule has 3 aromatic rings. The maximum Gasteiger partial charge on any atom is 0.314 e. The van der Waals surface area contributed by atoms with Crippen LogP contribution in [-0.2, 0) is 13.0 Å². The lowest BCUT2D eigenvalue weighted by Gasteiger charge is -2.45. The van der Waals surface area contributed by atoms with E-state index in [1.807, 2.05) is 0 Å². The number of nitrogens with one attached hydrogen (secondary N) is 2. The minimum Gasteiger partial charge on any atom is -0.390 e. The first-order valence-electron chi connectivity index (χ1n) is 12.8. The third-order valence-electron chi connectivity index (χ3n) is 8.12. The van der Waals surface area contributed by atoms with Gasteiger partial charge in [-0.1, -0.05) is 72.8 Å². The van der Waals surface area contributed by atoms with Gasteiger partial charge in [0, 0.05) is 44.6 Å². The number of carbonyl (C=O) groups excluding carboxylic acids is 1. The van der Waals surface area contributed by atoms with Crippen molar-refractivity contribution in [1.82, 2.24) is 15.5 Å². The number of hydrogen-bond donors (Lipinski definition) is 3. The molecule has 0 saturated heterocycles. The number of aliphatic hydroxyl groups excluding tert-OH is 1. The Hall–Kier alpha value is -3.15. The zero-order valence-corrected chi connectivity index (χ0v) is 20.0. The summed E-state index contributed by atoms with van der Waals surface area (Å²) in [4.78, 5) is 14.9. The van der Waals surface area contributed by atoms with E-state index in [-0.39, 0.29) is 12.6 Å². The van der Waals surface area contributed by atoms with E-state index in [1.165, 1.54) is 33.4 Å². The maximum absolute atomic E-state index is 12.6. The highest BCUT2D eigenvalue weighted by Gasteiger charge is 2.42. The number of fused-ring (bicyclic) bond motifs is 2. The lowest BCUT2D eigenvalue weighted by atomic mass is 9.59. The van der Waals surface area contributed by atoms with Crippen molar-refractivity contribution in [3.05, 3.63) is 106 Å². The topological polar surface area (TPSA) is 64.6 Å². The van der Waals surface area contributed by atoms with Crippen LogP contribution in [0.4, 0.5) is 4.79 Å². The Kier molecular flexibility index (Phi) is 6.05. The van der Waals surface area contributed by atoms with Crippen molar-refractivity contribution in [2.45, 2.75) is 37.3 Å². The molecule has 2 bridgehead atoms. The molecule has 35 heavy (non-hydrogen) atoms. The van der Waals surface area contributed by atoms with Crippen LogP contribution in [0.5, 0.6) is 0 Å². The highest BCUT2D eigenvalue weighted by Crippen LogP contribution is 2.55. The third-order valence-corrected chi connectivity index (χ3v) is 8.12. The smallest absolute Gasteiger partial charge is 0.314 e. The standard InChI is InChI=1S/C30H33N3O2/c34-23(19-33-14-13-20-7-1-2-8-21(20)18-33)17-32-30(35)31-16-22-15-28-24-9-3-5-11-26(24)29(22)27-12-6-4-10-25(27)28/h1-12,22-23,28-29,34H,13-19H2,(H2,31,32,35). The number of amides is 2. The number of β-amino-alcohol motifs (C(OH)–C–C–N with tert-alkyl or cyclic N) is 1. The second-order valence-corrected chi connectivity index (χ2v) is 10.3. The molecule has 0 saturated carbocycles. The Morgan fingerprint density at radius 2 is 1.51 bits per heavy atom. The third kappa shape index (κ3) is 4.35. The van der Waals surface area contributed by atoms with Crippen LogP contribution in [0.2, 0.25) is 0 Å². The summed E-state index contributed by atoms with van der Waals surface area (Å²) in [5.41, 5.74) is 8.45.